The van der Waals surface area contributed by atoms with Crippen LogP contribution >= 0.6 is 0 Å². The summed E-state index contributed by atoms with van der Waals surface area (Å²) in [5.74, 6) is 1.84. The van der Waals surface area contributed by atoms with E-state index in [1.165, 1.54) is 12.8 Å². The van der Waals surface area contributed by atoms with Crippen molar-refractivity contribution in [3.8, 4) is 0 Å². The third kappa shape index (κ3) is 5.56. The van der Waals surface area contributed by atoms with Gasteiger partial charge < -0.3 is 16.0 Å². The average Bonchev–Trinajstić information content (AvgIpc) is 3.26. The molecule has 1 aromatic heterocycles. The van der Waals surface area contributed by atoms with Gasteiger partial charge in [0.05, 0.1) is 17.4 Å². The van der Waals surface area contributed by atoms with Gasteiger partial charge in [-0.2, -0.15) is 0 Å². The molecule has 3 N–H and O–H groups in total. The maximum absolute atomic E-state index is 12.8. The van der Waals surface area contributed by atoms with Crippen LogP contribution in [0, 0.1) is 12.3 Å². The molecule has 7 heteroatoms. The number of amides is 1. The van der Waals surface area contributed by atoms with Gasteiger partial charge in [0.1, 0.15) is 5.82 Å². The molecule has 1 saturated heterocycles. The van der Waals surface area contributed by atoms with Gasteiger partial charge in [0.25, 0.3) is 5.91 Å². The zero-order chi connectivity index (χ0) is 22.7. The third-order valence-electron chi connectivity index (χ3n) is 6.13. The van der Waals surface area contributed by atoms with Crippen molar-refractivity contribution in [3.63, 3.8) is 0 Å². The van der Waals surface area contributed by atoms with E-state index in [9.17, 15) is 4.79 Å². The lowest BCUT2D eigenvalue weighted by molar-refractivity contribution is 0.0929. The number of rotatable bonds is 5. The first-order valence-corrected chi connectivity index (χ1v) is 11.9. The molecule has 2 atom stereocenters. The van der Waals surface area contributed by atoms with Crippen LogP contribution in [-0.4, -0.2) is 46.9 Å². The Labute approximate surface area is 190 Å². The lowest BCUT2D eigenvalue weighted by atomic mass is 9.90. The summed E-state index contributed by atoms with van der Waals surface area (Å²) in [6.45, 7) is 9.93. The van der Waals surface area contributed by atoms with Gasteiger partial charge in [0.2, 0.25) is 5.82 Å². The van der Waals surface area contributed by atoms with E-state index in [-0.39, 0.29) is 29.2 Å². The number of nitrogens with zero attached hydrogens (tertiary/aromatic N) is 3. The SMILES string of the molecule is Cc1ccc2nc(C(=O)NCC(C)(C)C)nc(N[C@H]3CCCC[C@H]3N=C3CCCN3)c2c1. The predicted molar refractivity (Wildman–Crippen MR) is 130 cm³/mol. The molecular formula is C25H36N6O. The number of carbonyl (C=O) groups is 1. The number of aromatic nitrogens is 2. The van der Waals surface area contributed by atoms with E-state index in [1.807, 2.05) is 12.1 Å². The first kappa shape index (κ1) is 22.5. The van der Waals surface area contributed by atoms with Crippen LogP contribution in [0.4, 0.5) is 5.82 Å². The van der Waals surface area contributed by atoms with Crippen molar-refractivity contribution in [2.75, 3.05) is 18.4 Å². The molecule has 2 aliphatic rings. The summed E-state index contributed by atoms with van der Waals surface area (Å²) in [6, 6.07) is 6.51. The Hall–Kier alpha value is -2.70. The number of hydrogen-bond donors (Lipinski definition) is 3. The highest BCUT2D eigenvalue weighted by molar-refractivity contribution is 5.96. The third-order valence-corrected chi connectivity index (χ3v) is 6.13. The molecular weight excluding hydrogens is 400 g/mol. The van der Waals surface area contributed by atoms with Crippen molar-refractivity contribution >= 4 is 28.5 Å². The summed E-state index contributed by atoms with van der Waals surface area (Å²) in [5, 5.41) is 11.0. The Morgan fingerprint density at radius 2 is 2.00 bits per heavy atom. The molecule has 1 saturated carbocycles. The van der Waals surface area contributed by atoms with E-state index in [2.05, 4.69) is 54.7 Å². The number of amidine groups is 1. The molecule has 0 spiro atoms. The Morgan fingerprint density at radius 3 is 2.75 bits per heavy atom. The number of benzene rings is 1. The van der Waals surface area contributed by atoms with Crippen molar-refractivity contribution in [2.45, 2.75) is 78.3 Å². The molecule has 32 heavy (non-hydrogen) atoms. The van der Waals surface area contributed by atoms with Crippen LogP contribution in [-0.2, 0) is 0 Å². The topological polar surface area (TPSA) is 91.3 Å². The maximum Gasteiger partial charge on any atom is 0.289 e. The summed E-state index contributed by atoms with van der Waals surface area (Å²) in [4.78, 5) is 27.2. The molecule has 1 aromatic carbocycles. The van der Waals surface area contributed by atoms with E-state index >= 15 is 0 Å². The highest BCUT2D eigenvalue weighted by atomic mass is 16.2. The fourth-order valence-electron chi connectivity index (χ4n) is 4.38. The van der Waals surface area contributed by atoms with Crippen molar-refractivity contribution in [1.82, 2.24) is 20.6 Å². The summed E-state index contributed by atoms with van der Waals surface area (Å²) in [6.07, 6.45) is 6.69. The Bertz CT molecular complexity index is 1000. The number of aliphatic imine (C=N–C) groups is 1. The van der Waals surface area contributed by atoms with Crippen LogP contribution in [0.2, 0.25) is 0 Å². The second-order valence-corrected chi connectivity index (χ2v) is 10.4. The van der Waals surface area contributed by atoms with Crippen LogP contribution in [0.25, 0.3) is 10.9 Å². The Morgan fingerprint density at radius 1 is 1.19 bits per heavy atom. The second-order valence-electron chi connectivity index (χ2n) is 10.4. The zero-order valence-corrected chi connectivity index (χ0v) is 19.8. The first-order chi connectivity index (χ1) is 15.3. The standard InChI is InChI=1S/C25H36N6O/c1-16-11-12-18-17(14-16)22(31-23(29-18)24(32)27-15-25(2,3)4)30-20-9-6-5-8-19(20)28-21-10-7-13-26-21/h11-12,14,19-20H,5-10,13,15H2,1-4H3,(H,26,28)(H,27,32)(H,29,30,31)/t19-,20+/m1/s1. The van der Waals surface area contributed by atoms with Crippen molar-refractivity contribution in [3.05, 3.63) is 29.6 Å². The molecule has 172 valence electrons. The molecule has 0 unspecified atom stereocenters. The van der Waals surface area contributed by atoms with E-state index in [4.69, 9.17) is 9.98 Å². The molecule has 2 fully saturated rings. The molecule has 1 aliphatic heterocycles. The van der Waals surface area contributed by atoms with Gasteiger partial charge in [-0.15, -0.1) is 0 Å². The van der Waals surface area contributed by atoms with Crippen LogP contribution in [0.5, 0.6) is 0 Å². The minimum atomic E-state index is -0.235. The van der Waals surface area contributed by atoms with Crippen molar-refractivity contribution in [2.24, 2.45) is 10.4 Å². The molecule has 2 heterocycles. The quantitative estimate of drug-likeness (QED) is 0.653. The summed E-state index contributed by atoms with van der Waals surface area (Å²) < 4.78 is 0. The van der Waals surface area contributed by atoms with Crippen molar-refractivity contribution in [1.29, 1.82) is 0 Å². The molecule has 7 nitrogen and oxygen atoms in total. The summed E-state index contributed by atoms with van der Waals surface area (Å²) in [5.41, 5.74) is 1.92. The molecule has 1 amide bonds. The molecule has 4 rings (SSSR count). The lowest BCUT2D eigenvalue weighted by Gasteiger charge is -2.30. The van der Waals surface area contributed by atoms with Crippen molar-refractivity contribution < 1.29 is 4.79 Å². The Kier molecular flexibility index (Phi) is 6.63. The van der Waals surface area contributed by atoms with Gasteiger partial charge in [0, 0.05) is 30.9 Å². The van der Waals surface area contributed by atoms with Crippen LogP contribution in [0.15, 0.2) is 23.2 Å². The van der Waals surface area contributed by atoms with E-state index < -0.39 is 0 Å². The second kappa shape index (κ2) is 9.43. The summed E-state index contributed by atoms with van der Waals surface area (Å²) >= 11 is 0. The number of fused-ring (bicyclic) bond motifs is 1. The molecule has 1 aliphatic carbocycles. The predicted octanol–water partition coefficient (Wildman–Crippen LogP) is 4.22. The number of anilines is 1. The maximum atomic E-state index is 12.8. The highest BCUT2D eigenvalue weighted by Crippen LogP contribution is 2.28. The lowest BCUT2D eigenvalue weighted by Crippen LogP contribution is -2.37. The minimum absolute atomic E-state index is 0.00648. The normalized spacial score (nSPS) is 22.7. The Balaban J connectivity index is 1.64. The van der Waals surface area contributed by atoms with E-state index in [0.29, 0.717) is 6.54 Å². The molecule has 0 bridgehead atoms. The average molecular weight is 437 g/mol. The monoisotopic (exact) mass is 436 g/mol. The number of hydrogen-bond acceptors (Lipinski definition) is 5. The first-order valence-electron chi connectivity index (χ1n) is 11.9. The van der Waals surface area contributed by atoms with Gasteiger partial charge in [-0.25, -0.2) is 9.97 Å². The summed E-state index contributed by atoms with van der Waals surface area (Å²) in [7, 11) is 0. The van der Waals surface area contributed by atoms with Gasteiger partial charge in [-0.1, -0.05) is 45.2 Å². The molecule has 0 radical (unpaired) electrons. The highest BCUT2D eigenvalue weighted by Gasteiger charge is 2.27. The van der Waals surface area contributed by atoms with E-state index in [1.54, 1.807) is 0 Å². The number of aryl methyl sites for hydroxylation is 1. The van der Waals surface area contributed by atoms with Gasteiger partial charge in [-0.05, 0) is 43.7 Å². The van der Waals surface area contributed by atoms with Crippen LogP contribution < -0.4 is 16.0 Å². The molecule has 2 aromatic rings. The smallest absolute Gasteiger partial charge is 0.289 e. The van der Waals surface area contributed by atoms with Gasteiger partial charge >= 0.3 is 0 Å². The number of nitrogens with one attached hydrogen (secondary N) is 3. The number of carbonyl (C=O) groups excluding carboxylic acids is 1. The fraction of sp³-hybridized carbons (Fsp3) is 0.600. The van der Waals surface area contributed by atoms with Crippen LogP contribution in [0.3, 0.4) is 0 Å². The fourth-order valence-corrected chi connectivity index (χ4v) is 4.38. The largest absolute Gasteiger partial charge is 0.374 e. The van der Waals surface area contributed by atoms with Gasteiger partial charge in [0.15, 0.2) is 0 Å². The minimum Gasteiger partial charge on any atom is -0.374 e. The zero-order valence-electron chi connectivity index (χ0n) is 19.8. The van der Waals surface area contributed by atoms with Crippen LogP contribution in [0.1, 0.15) is 75.5 Å². The van der Waals surface area contributed by atoms with Gasteiger partial charge in [-0.3, -0.25) is 9.79 Å². The van der Waals surface area contributed by atoms with E-state index in [0.717, 1.165) is 60.3 Å².